The van der Waals surface area contributed by atoms with Gasteiger partial charge in [-0.2, -0.15) is 8.78 Å². The normalized spacial score (nSPS) is 11.2. The summed E-state index contributed by atoms with van der Waals surface area (Å²) < 4.78 is 25.8. The van der Waals surface area contributed by atoms with E-state index in [-0.39, 0.29) is 5.69 Å². The Morgan fingerprint density at radius 1 is 1.53 bits per heavy atom. The number of amides is 1. The van der Waals surface area contributed by atoms with Crippen molar-refractivity contribution in [3.05, 3.63) is 24.0 Å². The number of anilines is 1. The Morgan fingerprint density at radius 3 is 2.73 bits per heavy atom. The Balaban J connectivity index is 2.75. The fraction of sp³-hybridized carbons (Fsp3) is 0.400. The van der Waals surface area contributed by atoms with E-state index in [1.54, 1.807) is 19.2 Å². The number of carbonyl (C=O) groups excluding carboxylic acids is 1. The molecule has 15 heavy (non-hydrogen) atoms. The molecular formula is C10H12F2N2O. The molecule has 0 spiro atoms. The van der Waals surface area contributed by atoms with Crippen LogP contribution in [0.1, 0.15) is 18.9 Å². The van der Waals surface area contributed by atoms with Crippen molar-refractivity contribution < 1.29 is 13.6 Å². The molecule has 82 valence electrons. The molecule has 0 saturated heterocycles. The first-order valence-electron chi connectivity index (χ1n) is 4.56. The fourth-order valence-electron chi connectivity index (χ4n) is 1.01. The molecule has 0 unspecified atom stereocenters. The van der Waals surface area contributed by atoms with E-state index in [0.29, 0.717) is 0 Å². The number of pyridine rings is 1. The maximum atomic E-state index is 12.9. The topological polar surface area (TPSA) is 42.0 Å². The molecule has 5 heteroatoms. The lowest BCUT2D eigenvalue weighted by molar-refractivity contribution is -0.139. The molecule has 3 nitrogen and oxygen atoms in total. The lowest BCUT2D eigenvalue weighted by Crippen LogP contribution is -2.33. The highest BCUT2D eigenvalue weighted by atomic mass is 19.3. The molecular weight excluding hydrogens is 202 g/mol. The number of rotatable bonds is 3. The number of hydrogen-bond donors (Lipinski definition) is 1. The van der Waals surface area contributed by atoms with Crippen LogP contribution in [0.3, 0.4) is 0 Å². The lowest BCUT2D eigenvalue weighted by atomic mass is 10.2. The maximum Gasteiger partial charge on any atom is 0.324 e. The van der Waals surface area contributed by atoms with E-state index in [9.17, 15) is 13.6 Å². The molecule has 1 rings (SSSR count). The number of aryl methyl sites for hydroxylation is 1. The van der Waals surface area contributed by atoms with Crippen LogP contribution in [0.5, 0.6) is 0 Å². The third-order valence-corrected chi connectivity index (χ3v) is 1.91. The molecule has 0 radical (unpaired) electrons. The van der Waals surface area contributed by atoms with Crippen molar-refractivity contribution >= 4 is 11.6 Å². The van der Waals surface area contributed by atoms with Crippen LogP contribution >= 0.6 is 0 Å². The molecule has 0 aromatic carbocycles. The fourth-order valence-corrected chi connectivity index (χ4v) is 1.01. The van der Waals surface area contributed by atoms with Crippen molar-refractivity contribution in [2.24, 2.45) is 0 Å². The van der Waals surface area contributed by atoms with Gasteiger partial charge in [-0.25, -0.2) is 0 Å². The number of carbonyl (C=O) groups is 1. The van der Waals surface area contributed by atoms with Gasteiger partial charge in [0.15, 0.2) is 0 Å². The molecule has 0 aliphatic heterocycles. The highest BCUT2D eigenvalue weighted by Gasteiger charge is 2.36. The van der Waals surface area contributed by atoms with Crippen LogP contribution in [0.25, 0.3) is 0 Å². The smallest absolute Gasteiger partial charge is 0.319 e. The number of hydrogen-bond acceptors (Lipinski definition) is 2. The number of halogens is 2. The van der Waals surface area contributed by atoms with Crippen molar-refractivity contribution in [1.82, 2.24) is 4.98 Å². The third-order valence-electron chi connectivity index (χ3n) is 1.91. The Labute approximate surface area is 86.5 Å². The average molecular weight is 214 g/mol. The molecule has 1 amide bonds. The molecule has 0 aliphatic rings. The summed E-state index contributed by atoms with van der Waals surface area (Å²) >= 11 is 0. The molecule has 1 aromatic heterocycles. The lowest BCUT2D eigenvalue weighted by Gasteiger charge is -2.13. The average Bonchev–Trinajstić information content (AvgIpc) is 2.17. The monoisotopic (exact) mass is 214 g/mol. The summed E-state index contributed by atoms with van der Waals surface area (Å²) in [5.41, 5.74) is 1.08. The van der Waals surface area contributed by atoms with Crippen molar-refractivity contribution in [2.75, 3.05) is 5.32 Å². The van der Waals surface area contributed by atoms with Gasteiger partial charge in [-0.05, 0) is 18.6 Å². The number of alkyl halides is 2. The van der Waals surface area contributed by atoms with E-state index in [2.05, 4.69) is 10.3 Å². The second kappa shape index (κ2) is 4.33. The van der Waals surface area contributed by atoms with E-state index < -0.39 is 18.3 Å². The first-order chi connectivity index (χ1) is 6.95. The van der Waals surface area contributed by atoms with E-state index in [1.807, 2.05) is 0 Å². The predicted molar refractivity (Wildman–Crippen MR) is 52.8 cm³/mol. The van der Waals surface area contributed by atoms with Gasteiger partial charge >= 0.3 is 5.92 Å². The van der Waals surface area contributed by atoms with Crippen LogP contribution in [0.15, 0.2) is 18.5 Å². The van der Waals surface area contributed by atoms with E-state index >= 15 is 0 Å². The Hall–Kier alpha value is -1.52. The van der Waals surface area contributed by atoms with Gasteiger partial charge in [-0.3, -0.25) is 9.78 Å². The first-order valence-corrected chi connectivity index (χ1v) is 4.56. The Kier molecular flexibility index (Phi) is 3.34. The van der Waals surface area contributed by atoms with E-state index in [1.165, 1.54) is 13.1 Å². The highest BCUT2D eigenvalue weighted by molar-refractivity contribution is 5.95. The van der Waals surface area contributed by atoms with Gasteiger partial charge in [0.05, 0.1) is 11.9 Å². The summed E-state index contributed by atoms with van der Waals surface area (Å²) in [5, 5.41) is 2.12. The second-order valence-electron chi connectivity index (χ2n) is 3.26. The van der Waals surface area contributed by atoms with Crippen molar-refractivity contribution in [1.29, 1.82) is 0 Å². The minimum absolute atomic E-state index is 0.285. The van der Waals surface area contributed by atoms with Gasteiger partial charge in [0.2, 0.25) is 0 Å². The highest BCUT2D eigenvalue weighted by Crippen LogP contribution is 2.20. The summed E-state index contributed by atoms with van der Waals surface area (Å²) in [6.07, 6.45) is 2.39. The molecule has 1 heterocycles. The first kappa shape index (κ1) is 11.6. The van der Waals surface area contributed by atoms with Crippen LogP contribution in [0.4, 0.5) is 14.5 Å². The van der Waals surface area contributed by atoms with Gasteiger partial charge in [0, 0.05) is 12.6 Å². The largest absolute Gasteiger partial charge is 0.324 e. The van der Waals surface area contributed by atoms with Gasteiger partial charge in [-0.1, -0.05) is 6.92 Å². The number of nitrogens with zero attached hydrogens (tertiary/aromatic N) is 1. The molecule has 0 atom stereocenters. The van der Waals surface area contributed by atoms with Gasteiger partial charge in [0.25, 0.3) is 5.91 Å². The van der Waals surface area contributed by atoms with Crippen LogP contribution in [-0.2, 0) is 4.79 Å². The molecule has 0 bridgehead atoms. The standard InChI is InChI=1S/C10H12F2N2O/c1-3-10(11,12)9(15)14-8-4-7(2)5-13-6-8/h4-6H,3H2,1-2H3,(H,14,15). The molecule has 0 saturated carbocycles. The molecule has 1 aromatic rings. The third kappa shape index (κ3) is 2.97. The zero-order chi connectivity index (χ0) is 11.5. The zero-order valence-corrected chi connectivity index (χ0v) is 8.55. The zero-order valence-electron chi connectivity index (χ0n) is 8.55. The minimum Gasteiger partial charge on any atom is -0.319 e. The summed E-state index contributed by atoms with van der Waals surface area (Å²) in [7, 11) is 0. The Morgan fingerprint density at radius 2 is 2.20 bits per heavy atom. The van der Waals surface area contributed by atoms with Crippen LogP contribution < -0.4 is 5.32 Å². The Bertz CT molecular complexity index is 366. The van der Waals surface area contributed by atoms with Gasteiger partial charge in [0.1, 0.15) is 0 Å². The summed E-state index contributed by atoms with van der Waals surface area (Å²) in [6.45, 7) is 3.02. The quantitative estimate of drug-likeness (QED) is 0.839. The van der Waals surface area contributed by atoms with Gasteiger partial charge in [-0.15, -0.1) is 0 Å². The maximum absolute atomic E-state index is 12.9. The van der Waals surface area contributed by atoms with Crippen molar-refractivity contribution in [2.45, 2.75) is 26.2 Å². The number of nitrogens with one attached hydrogen (secondary N) is 1. The van der Waals surface area contributed by atoms with Crippen LogP contribution in [-0.4, -0.2) is 16.8 Å². The predicted octanol–water partition coefficient (Wildman–Crippen LogP) is 2.37. The summed E-state index contributed by atoms with van der Waals surface area (Å²) in [4.78, 5) is 14.9. The summed E-state index contributed by atoms with van der Waals surface area (Å²) in [6, 6.07) is 1.58. The van der Waals surface area contributed by atoms with E-state index in [0.717, 1.165) is 5.56 Å². The van der Waals surface area contributed by atoms with Crippen LogP contribution in [0.2, 0.25) is 0 Å². The summed E-state index contributed by atoms with van der Waals surface area (Å²) in [5.74, 6) is -4.62. The van der Waals surface area contributed by atoms with Crippen molar-refractivity contribution in [3.63, 3.8) is 0 Å². The SMILES string of the molecule is CCC(F)(F)C(=O)Nc1cncc(C)c1. The molecule has 0 fully saturated rings. The van der Waals surface area contributed by atoms with Crippen molar-refractivity contribution in [3.8, 4) is 0 Å². The molecule has 1 N–H and O–H groups in total. The number of aromatic nitrogens is 1. The van der Waals surface area contributed by atoms with Crippen LogP contribution in [0, 0.1) is 6.92 Å². The van der Waals surface area contributed by atoms with Gasteiger partial charge < -0.3 is 5.32 Å². The molecule has 0 aliphatic carbocycles. The van der Waals surface area contributed by atoms with E-state index in [4.69, 9.17) is 0 Å². The second-order valence-corrected chi connectivity index (χ2v) is 3.26. The minimum atomic E-state index is -3.33.